The third-order valence-corrected chi connectivity index (χ3v) is 6.73. The van der Waals surface area contributed by atoms with Crippen molar-refractivity contribution in [2.45, 2.75) is 18.6 Å². The van der Waals surface area contributed by atoms with Crippen LogP contribution in [-0.2, 0) is 11.3 Å². The van der Waals surface area contributed by atoms with Crippen molar-refractivity contribution in [3.63, 3.8) is 0 Å². The van der Waals surface area contributed by atoms with Gasteiger partial charge in [0.05, 0.1) is 30.0 Å². The third-order valence-electron chi connectivity index (χ3n) is 5.25. The molecule has 1 aromatic heterocycles. The standard InChI is InChI=1S/C26H23Cl2N5O3S/c1-16-4-3-5-19(12-16)33-23(14-29-25(35)21-11-6-17(27)13-22(21)28)31-32-26(33)37-15-24(34)30-18-7-9-20(36-2)10-8-18/h3-13H,14-15H2,1-2H3,(H,29,35)(H,30,34). The van der Waals surface area contributed by atoms with E-state index in [1.165, 1.54) is 17.8 Å². The van der Waals surface area contributed by atoms with Gasteiger partial charge in [0.25, 0.3) is 5.91 Å². The average molecular weight is 556 g/mol. The van der Waals surface area contributed by atoms with Gasteiger partial charge in [0.1, 0.15) is 5.75 Å². The molecule has 8 nitrogen and oxygen atoms in total. The van der Waals surface area contributed by atoms with Gasteiger partial charge in [-0.2, -0.15) is 0 Å². The van der Waals surface area contributed by atoms with Gasteiger partial charge in [-0.05, 0) is 67.1 Å². The number of amides is 2. The smallest absolute Gasteiger partial charge is 0.253 e. The Hall–Kier alpha value is -3.53. The van der Waals surface area contributed by atoms with Crippen molar-refractivity contribution in [1.29, 1.82) is 0 Å². The van der Waals surface area contributed by atoms with Gasteiger partial charge >= 0.3 is 0 Å². The van der Waals surface area contributed by atoms with Crippen LogP contribution in [-0.4, -0.2) is 39.4 Å². The molecule has 4 aromatic rings. The number of halogens is 2. The van der Waals surface area contributed by atoms with Crippen LogP contribution in [0.2, 0.25) is 10.0 Å². The number of ether oxygens (including phenoxy) is 1. The summed E-state index contributed by atoms with van der Waals surface area (Å²) in [6, 6.07) is 19.6. The Morgan fingerprint density at radius 3 is 2.51 bits per heavy atom. The van der Waals surface area contributed by atoms with E-state index < -0.39 is 0 Å². The predicted octanol–water partition coefficient (Wildman–Crippen LogP) is 5.55. The number of rotatable bonds is 9. The van der Waals surface area contributed by atoms with Crippen LogP contribution < -0.4 is 15.4 Å². The fourth-order valence-electron chi connectivity index (χ4n) is 3.46. The molecule has 3 aromatic carbocycles. The first-order chi connectivity index (χ1) is 17.8. The number of aryl methyl sites for hydroxylation is 1. The first-order valence-corrected chi connectivity index (χ1v) is 12.9. The number of aromatic nitrogens is 3. The summed E-state index contributed by atoms with van der Waals surface area (Å²) in [6.45, 7) is 2.07. The minimum absolute atomic E-state index is 0.0946. The van der Waals surface area contributed by atoms with Crippen LogP contribution in [0.3, 0.4) is 0 Å². The molecule has 0 spiro atoms. The monoisotopic (exact) mass is 555 g/mol. The normalized spacial score (nSPS) is 10.7. The second kappa shape index (κ2) is 12.1. The van der Waals surface area contributed by atoms with Crippen molar-refractivity contribution in [3.05, 3.63) is 93.7 Å². The summed E-state index contributed by atoms with van der Waals surface area (Å²) in [6.07, 6.45) is 0. The van der Waals surface area contributed by atoms with E-state index in [4.69, 9.17) is 27.9 Å². The minimum Gasteiger partial charge on any atom is -0.497 e. The molecule has 0 unspecified atom stereocenters. The zero-order valence-corrected chi connectivity index (χ0v) is 22.3. The second-order valence-corrected chi connectivity index (χ2v) is 9.73. The summed E-state index contributed by atoms with van der Waals surface area (Å²) in [5.41, 5.74) is 2.83. The number of hydrogen-bond acceptors (Lipinski definition) is 6. The van der Waals surface area contributed by atoms with Crippen LogP contribution in [0.25, 0.3) is 5.69 Å². The largest absolute Gasteiger partial charge is 0.497 e. The summed E-state index contributed by atoms with van der Waals surface area (Å²) < 4.78 is 6.96. The molecule has 190 valence electrons. The topological polar surface area (TPSA) is 98.1 Å². The highest BCUT2D eigenvalue weighted by Crippen LogP contribution is 2.24. The number of thioether (sulfide) groups is 1. The van der Waals surface area contributed by atoms with Crippen molar-refractivity contribution in [2.24, 2.45) is 0 Å². The Morgan fingerprint density at radius 2 is 1.81 bits per heavy atom. The van der Waals surface area contributed by atoms with Crippen molar-refractivity contribution in [1.82, 2.24) is 20.1 Å². The summed E-state index contributed by atoms with van der Waals surface area (Å²) >= 11 is 13.3. The lowest BCUT2D eigenvalue weighted by Crippen LogP contribution is -2.25. The van der Waals surface area contributed by atoms with E-state index in [9.17, 15) is 9.59 Å². The Kier molecular flexibility index (Phi) is 8.70. The van der Waals surface area contributed by atoms with E-state index >= 15 is 0 Å². The second-order valence-electron chi connectivity index (χ2n) is 7.95. The van der Waals surface area contributed by atoms with Crippen LogP contribution >= 0.6 is 35.0 Å². The number of nitrogens with one attached hydrogen (secondary N) is 2. The van der Waals surface area contributed by atoms with Gasteiger partial charge in [-0.15, -0.1) is 10.2 Å². The number of benzene rings is 3. The number of anilines is 1. The molecule has 0 saturated heterocycles. The van der Waals surface area contributed by atoms with Crippen LogP contribution in [0.15, 0.2) is 71.9 Å². The molecule has 0 aliphatic carbocycles. The van der Waals surface area contributed by atoms with Crippen molar-refractivity contribution in [2.75, 3.05) is 18.2 Å². The molecule has 1 heterocycles. The van der Waals surface area contributed by atoms with Crippen molar-refractivity contribution in [3.8, 4) is 11.4 Å². The Bertz CT molecular complexity index is 1430. The fourth-order valence-corrected chi connectivity index (χ4v) is 4.73. The molecule has 0 fully saturated rings. The molecule has 2 N–H and O–H groups in total. The number of carbonyl (C=O) groups is 2. The maximum Gasteiger partial charge on any atom is 0.253 e. The number of nitrogens with zero attached hydrogens (tertiary/aromatic N) is 3. The van der Waals surface area contributed by atoms with E-state index in [2.05, 4.69) is 20.8 Å². The van der Waals surface area contributed by atoms with Crippen molar-refractivity contribution < 1.29 is 14.3 Å². The summed E-state index contributed by atoms with van der Waals surface area (Å²) in [4.78, 5) is 25.3. The maximum absolute atomic E-state index is 12.7. The molecule has 0 radical (unpaired) electrons. The van der Waals surface area contributed by atoms with Gasteiger partial charge in [-0.1, -0.05) is 47.1 Å². The van der Waals surface area contributed by atoms with E-state index in [-0.39, 0.29) is 29.1 Å². The molecule has 37 heavy (non-hydrogen) atoms. The molecule has 11 heteroatoms. The quantitative estimate of drug-likeness (QED) is 0.262. The van der Waals surface area contributed by atoms with Crippen molar-refractivity contribution >= 4 is 52.5 Å². The molecular formula is C26H23Cl2N5O3S. The molecule has 2 amide bonds. The van der Waals surface area contributed by atoms with E-state index in [0.29, 0.717) is 33.0 Å². The van der Waals surface area contributed by atoms with Gasteiger partial charge in [-0.3, -0.25) is 14.2 Å². The SMILES string of the molecule is COc1ccc(NC(=O)CSc2nnc(CNC(=O)c3ccc(Cl)cc3Cl)n2-c2cccc(C)c2)cc1. The van der Waals surface area contributed by atoms with E-state index in [1.54, 1.807) is 43.5 Å². The highest BCUT2D eigenvalue weighted by Gasteiger charge is 2.18. The Morgan fingerprint density at radius 1 is 1.03 bits per heavy atom. The lowest BCUT2D eigenvalue weighted by molar-refractivity contribution is -0.113. The van der Waals surface area contributed by atoms with Crippen LogP contribution in [0, 0.1) is 6.92 Å². The first-order valence-electron chi connectivity index (χ1n) is 11.2. The lowest BCUT2D eigenvalue weighted by atomic mass is 10.2. The molecule has 0 atom stereocenters. The molecule has 0 saturated carbocycles. The zero-order valence-electron chi connectivity index (χ0n) is 20.0. The van der Waals surface area contributed by atoms with Crippen LogP contribution in [0.4, 0.5) is 5.69 Å². The van der Waals surface area contributed by atoms with Crippen LogP contribution in [0.1, 0.15) is 21.7 Å². The highest BCUT2D eigenvalue weighted by atomic mass is 35.5. The Labute approximate surface area is 228 Å². The maximum atomic E-state index is 12.7. The molecule has 0 bridgehead atoms. The van der Waals surface area contributed by atoms with Gasteiger partial charge in [0.15, 0.2) is 11.0 Å². The predicted molar refractivity (Wildman–Crippen MR) is 146 cm³/mol. The third kappa shape index (κ3) is 6.82. The highest BCUT2D eigenvalue weighted by molar-refractivity contribution is 7.99. The van der Waals surface area contributed by atoms with Gasteiger partial charge in [-0.25, -0.2) is 0 Å². The molecular weight excluding hydrogens is 533 g/mol. The first kappa shape index (κ1) is 26.5. The van der Waals surface area contributed by atoms with E-state index in [1.807, 2.05) is 35.8 Å². The zero-order chi connectivity index (χ0) is 26.4. The van der Waals surface area contributed by atoms with Gasteiger partial charge < -0.3 is 15.4 Å². The molecule has 0 aliphatic rings. The molecule has 0 aliphatic heterocycles. The number of hydrogen-bond donors (Lipinski definition) is 2. The average Bonchev–Trinajstić information content (AvgIpc) is 3.29. The number of methoxy groups -OCH3 is 1. The minimum atomic E-state index is -0.367. The summed E-state index contributed by atoms with van der Waals surface area (Å²) in [5.74, 6) is 0.760. The summed E-state index contributed by atoms with van der Waals surface area (Å²) in [5, 5.41) is 15.5. The fraction of sp³-hybridized carbons (Fsp3) is 0.154. The van der Waals surface area contributed by atoms with Gasteiger partial charge in [0, 0.05) is 16.4 Å². The Balaban J connectivity index is 1.50. The lowest BCUT2D eigenvalue weighted by Gasteiger charge is -2.12. The molecule has 4 rings (SSSR count). The van der Waals surface area contributed by atoms with E-state index in [0.717, 1.165) is 11.3 Å². The van der Waals surface area contributed by atoms with Crippen LogP contribution in [0.5, 0.6) is 5.75 Å². The summed E-state index contributed by atoms with van der Waals surface area (Å²) in [7, 11) is 1.58. The van der Waals surface area contributed by atoms with Gasteiger partial charge in [0.2, 0.25) is 5.91 Å². The number of carbonyl (C=O) groups excluding carboxylic acids is 2.